The smallest absolute Gasteiger partial charge is 0.306 e. The number of nitrogens with one attached hydrogen (secondary N) is 1. The molecule has 6 heteroatoms. The van der Waals surface area contributed by atoms with Gasteiger partial charge < -0.3 is 9.72 Å². The number of hydrogen-bond donors (Lipinski definition) is 1. The topological polar surface area (TPSA) is 76.5 Å². The van der Waals surface area contributed by atoms with Gasteiger partial charge in [0.05, 0.1) is 5.69 Å². The Morgan fingerprint density at radius 3 is 2.96 bits per heavy atom. The zero-order chi connectivity index (χ0) is 19.5. The average Bonchev–Trinajstić information content (AvgIpc) is 3.10. The number of aromatic nitrogens is 3. The van der Waals surface area contributed by atoms with E-state index in [0.29, 0.717) is 24.2 Å². The van der Waals surface area contributed by atoms with Gasteiger partial charge in [0.1, 0.15) is 12.3 Å². The third kappa shape index (κ3) is 3.67. The number of esters is 1. The molecular formula is C22H21N3O3. The SMILES string of the molecule is Cc1cccn2c(=O)cc(COC(=O)CCCc3c[nH]c4ccccc34)nc12. The van der Waals surface area contributed by atoms with E-state index in [1.165, 1.54) is 21.4 Å². The molecule has 0 unspecified atom stereocenters. The number of ether oxygens (including phenoxy) is 1. The van der Waals surface area contributed by atoms with Gasteiger partial charge in [0.25, 0.3) is 5.56 Å². The van der Waals surface area contributed by atoms with Crippen LogP contribution in [0.4, 0.5) is 0 Å². The summed E-state index contributed by atoms with van der Waals surface area (Å²) in [5.74, 6) is -0.286. The van der Waals surface area contributed by atoms with Crippen molar-refractivity contribution in [1.29, 1.82) is 0 Å². The summed E-state index contributed by atoms with van der Waals surface area (Å²) in [7, 11) is 0. The normalized spacial score (nSPS) is 11.2. The van der Waals surface area contributed by atoms with Crippen molar-refractivity contribution in [3.63, 3.8) is 0 Å². The maximum absolute atomic E-state index is 12.2. The molecule has 0 spiro atoms. The highest BCUT2D eigenvalue weighted by Crippen LogP contribution is 2.19. The molecule has 0 radical (unpaired) electrons. The van der Waals surface area contributed by atoms with E-state index in [4.69, 9.17) is 4.74 Å². The number of para-hydroxylation sites is 1. The molecule has 0 saturated carbocycles. The number of aryl methyl sites for hydroxylation is 2. The zero-order valence-corrected chi connectivity index (χ0v) is 15.6. The second-order valence-electron chi connectivity index (χ2n) is 6.84. The fourth-order valence-corrected chi connectivity index (χ4v) is 3.37. The maximum Gasteiger partial charge on any atom is 0.306 e. The van der Waals surface area contributed by atoms with Crippen LogP contribution in [0.3, 0.4) is 0 Å². The van der Waals surface area contributed by atoms with Crippen LogP contribution >= 0.6 is 0 Å². The van der Waals surface area contributed by atoms with E-state index in [9.17, 15) is 9.59 Å². The van der Waals surface area contributed by atoms with Gasteiger partial charge in [0.15, 0.2) is 0 Å². The highest BCUT2D eigenvalue weighted by Gasteiger charge is 2.09. The Bertz CT molecular complexity index is 1210. The van der Waals surface area contributed by atoms with Gasteiger partial charge >= 0.3 is 5.97 Å². The first-order chi connectivity index (χ1) is 13.6. The Hall–Kier alpha value is -3.41. The summed E-state index contributed by atoms with van der Waals surface area (Å²) in [4.78, 5) is 32.0. The van der Waals surface area contributed by atoms with Crippen molar-refractivity contribution in [3.05, 3.63) is 82.0 Å². The number of H-pyrrole nitrogens is 1. The highest BCUT2D eigenvalue weighted by atomic mass is 16.5. The number of nitrogens with zero attached hydrogens (tertiary/aromatic N) is 2. The maximum atomic E-state index is 12.2. The molecule has 142 valence electrons. The van der Waals surface area contributed by atoms with E-state index in [0.717, 1.165) is 17.5 Å². The predicted molar refractivity (Wildman–Crippen MR) is 107 cm³/mol. The van der Waals surface area contributed by atoms with Crippen LogP contribution in [0, 0.1) is 6.92 Å². The van der Waals surface area contributed by atoms with Gasteiger partial charge in [-0.2, -0.15) is 0 Å². The molecule has 0 aliphatic carbocycles. The van der Waals surface area contributed by atoms with E-state index in [1.807, 2.05) is 37.4 Å². The van der Waals surface area contributed by atoms with E-state index < -0.39 is 0 Å². The Labute approximate surface area is 161 Å². The molecule has 0 aliphatic rings. The Morgan fingerprint density at radius 2 is 2.07 bits per heavy atom. The Kier molecular flexibility index (Phi) is 4.93. The van der Waals surface area contributed by atoms with E-state index in [1.54, 1.807) is 12.3 Å². The average molecular weight is 375 g/mol. The molecule has 4 rings (SSSR count). The van der Waals surface area contributed by atoms with Crippen LogP contribution in [0.5, 0.6) is 0 Å². The van der Waals surface area contributed by atoms with Crippen molar-refractivity contribution in [2.24, 2.45) is 0 Å². The van der Waals surface area contributed by atoms with Crippen LogP contribution in [-0.4, -0.2) is 20.3 Å². The van der Waals surface area contributed by atoms with Gasteiger partial charge in [0, 0.05) is 35.8 Å². The molecule has 0 atom stereocenters. The summed E-state index contributed by atoms with van der Waals surface area (Å²) in [6.07, 6.45) is 5.50. The minimum Gasteiger partial charge on any atom is -0.459 e. The molecule has 0 amide bonds. The van der Waals surface area contributed by atoms with Crippen molar-refractivity contribution in [1.82, 2.24) is 14.4 Å². The largest absolute Gasteiger partial charge is 0.459 e. The molecule has 4 aromatic rings. The highest BCUT2D eigenvalue weighted by molar-refractivity contribution is 5.83. The molecule has 0 aliphatic heterocycles. The monoisotopic (exact) mass is 375 g/mol. The molecule has 6 nitrogen and oxygen atoms in total. The molecule has 1 aromatic carbocycles. The lowest BCUT2D eigenvalue weighted by Gasteiger charge is -2.07. The second kappa shape index (κ2) is 7.68. The summed E-state index contributed by atoms with van der Waals surface area (Å²) in [5, 5.41) is 1.19. The van der Waals surface area contributed by atoms with Crippen LogP contribution in [0.2, 0.25) is 0 Å². The van der Waals surface area contributed by atoms with E-state index >= 15 is 0 Å². The zero-order valence-electron chi connectivity index (χ0n) is 15.6. The molecule has 3 heterocycles. The third-order valence-electron chi connectivity index (χ3n) is 4.82. The molecule has 1 N–H and O–H groups in total. The number of hydrogen-bond acceptors (Lipinski definition) is 4. The lowest BCUT2D eigenvalue weighted by atomic mass is 10.1. The number of fused-ring (bicyclic) bond motifs is 2. The van der Waals surface area contributed by atoms with Gasteiger partial charge in [-0.3, -0.25) is 14.0 Å². The van der Waals surface area contributed by atoms with Gasteiger partial charge in [-0.1, -0.05) is 24.3 Å². The lowest BCUT2D eigenvalue weighted by molar-refractivity contribution is -0.145. The number of rotatable bonds is 6. The van der Waals surface area contributed by atoms with Crippen LogP contribution < -0.4 is 5.56 Å². The van der Waals surface area contributed by atoms with Crippen molar-refractivity contribution in [2.75, 3.05) is 0 Å². The molecule has 28 heavy (non-hydrogen) atoms. The minimum atomic E-state index is -0.286. The molecular weight excluding hydrogens is 354 g/mol. The standard InChI is InChI=1S/C22H21N3O3/c1-15-6-5-11-25-20(26)12-17(24-22(15)25)14-28-21(27)10-4-7-16-13-23-19-9-3-2-8-18(16)19/h2-3,5-6,8-9,11-13,23H,4,7,10,14H2,1H3. The fraction of sp³-hybridized carbons (Fsp3) is 0.227. The fourth-order valence-electron chi connectivity index (χ4n) is 3.37. The van der Waals surface area contributed by atoms with Gasteiger partial charge in [-0.05, 0) is 43.0 Å². The first kappa shape index (κ1) is 18.0. The number of carbonyl (C=O) groups is 1. The summed E-state index contributed by atoms with van der Waals surface area (Å²) in [6, 6.07) is 13.2. The molecule has 3 aromatic heterocycles. The summed E-state index contributed by atoms with van der Waals surface area (Å²) < 4.78 is 6.81. The van der Waals surface area contributed by atoms with Gasteiger partial charge in [-0.15, -0.1) is 0 Å². The van der Waals surface area contributed by atoms with Crippen LogP contribution in [0.15, 0.2) is 59.7 Å². The molecule has 0 saturated heterocycles. The van der Waals surface area contributed by atoms with E-state index in [2.05, 4.69) is 16.0 Å². The van der Waals surface area contributed by atoms with Crippen molar-refractivity contribution in [2.45, 2.75) is 32.8 Å². The number of aromatic amines is 1. The summed E-state index contributed by atoms with van der Waals surface area (Å²) >= 11 is 0. The van der Waals surface area contributed by atoms with Crippen LogP contribution in [0.1, 0.15) is 29.7 Å². The van der Waals surface area contributed by atoms with Gasteiger partial charge in [-0.25, -0.2) is 4.98 Å². The second-order valence-corrected chi connectivity index (χ2v) is 6.84. The van der Waals surface area contributed by atoms with E-state index in [-0.39, 0.29) is 18.1 Å². The first-order valence-corrected chi connectivity index (χ1v) is 9.30. The molecule has 0 fully saturated rings. The number of benzene rings is 1. The summed E-state index contributed by atoms with van der Waals surface area (Å²) in [6.45, 7) is 1.90. The number of pyridine rings is 1. The lowest BCUT2D eigenvalue weighted by Crippen LogP contribution is -2.17. The number of carbonyl (C=O) groups excluding carboxylic acids is 1. The minimum absolute atomic E-state index is 0.00595. The van der Waals surface area contributed by atoms with Crippen molar-refractivity contribution in [3.8, 4) is 0 Å². The van der Waals surface area contributed by atoms with Gasteiger partial charge in [0.2, 0.25) is 0 Å². The predicted octanol–water partition coefficient (Wildman–Crippen LogP) is 3.55. The first-order valence-electron chi connectivity index (χ1n) is 9.30. The quantitative estimate of drug-likeness (QED) is 0.523. The van der Waals surface area contributed by atoms with Crippen LogP contribution in [-0.2, 0) is 22.6 Å². The molecule has 0 bridgehead atoms. The Morgan fingerprint density at radius 1 is 1.21 bits per heavy atom. The van der Waals surface area contributed by atoms with Crippen molar-refractivity contribution < 1.29 is 9.53 Å². The van der Waals surface area contributed by atoms with Crippen molar-refractivity contribution >= 4 is 22.5 Å². The van der Waals surface area contributed by atoms with Crippen LogP contribution in [0.25, 0.3) is 16.6 Å². The summed E-state index contributed by atoms with van der Waals surface area (Å²) in [5.41, 5.74) is 4.06. The third-order valence-corrected chi connectivity index (χ3v) is 4.82. The Balaban J connectivity index is 1.34.